The molecule has 1 aliphatic rings. The summed E-state index contributed by atoms with van der Waals surface area (Å²) >= 11 is 0. The second-order valence-electron chi connectivity index (χ2n) is 5.34. The number of rotatable bonds is 4. The summed E-state index contributed by atoms with van der Waals surface area (Å²) in [5, 5.41) is 15.0. The van der Waals surface area contributed by atoms with Gasteiger partial charge in [-0.2, -0.15) is 0 Å². The van der Waals surface area contributed by atoms with Gasteiger partial charge in [-0.1, -0.05) is 12.1 Å². The fourth-order valence-electron chi connectivity index (χ4n) is 2.14. The number of benzene rings is 1. The first kappa shape index (κ1) is 11.6. The molecule has 0 amide bonds. The maximum Gasteiger partial charge on any atom is 0.0992 e. The molecule has 2 N–H and O–H groups in total. The Hall–Kier alpha value is -1.45. The lowest BCUT2D eigenvalue weighted by Crippen LogP contribution is -2.36. The predicted octanol–water partition coefficient (Wildman–Crippen LogP) is 2.19. The Morgan fingerprint density at radius 1 is 1.39 bits per heavy atom. The van der Waals surface area contributed by atoms with Gasteiger partial charge in [0.2, 0.25) is 0 Å². The zero-order valence-electron chi connectivity index (χ0n) is 10.6. The van der Waals surface area contributed by atoms with Crippen molar-refractivity contribution < 1.29 is 5.11 Å². The Bertz CT molecular complexity index is 561. The summed E-state index contributed by atoms with van der Waals surface area (Å²) in [7, 11) is 0. The molecule has 2 aromatic rings. The van der Waals surface area contributed by atoms with Gasteiger partial charge in [-0.25, -0.2) is 0 Å². The van der Waals surface area contributed by atoms with E-state index in [1.54, 1.807) is 6.20 Å². The molecule has 1 heterocycles. The molecule has 1 aromatic heterocycles. The maximum absolute atomic E-state index is 10.5. The standard InChI is InChI=1S/C15H18N2O/c1-15(18,10-17-13-5-6-13)12-4-7-14-11(9-12)3-2-8-16-14/h2-4,7-9,13,17-18H,5-6,10H2,1H3. The van der Waals surface area contributed by atoms with Gasteiger partial charge < -0.3 is 10.4 Å². The summed E-state index contributed by atoms with van der Waals surface area (Å²) in [5.74, 6) is 0. The lowest BCUT2D eigenvalue weighted by molar-refractivity contribution is 0.0567. The molecule has 1 saturated carbocycles. The van der Waals surface area contributed by atoms with E-state index in [2.05, 4.69) is 10.3 Å². The number of nitrogens with one attached hydrogen (secondary N) is 1. The highest BCUT2D eigenvalue weighted by atomic mass is 16.3. The average Bonchev–Trinajstić information content (AvgIpc) is 3.20. The van der Waals surface area contributed by atoms with Crippen LogP contribution in [0.1, 0.15) is 25.3 Å². The molecule has 3 nitrogen and oxygen atoms in total. The third-order valence-electron chi connectivity index (χ3n) is 3.54. The fourth-order valence-corrected chi connectivity index (χ4v) is 2.14. The van der Waals surface area contributed by atoms with Crippen molar-refractivity contribution >= 4 is 10.9 Å². The smallest absolute Gasteiger partial charge is 0.0992 e. The van der Waals surface area contributed by atoms with Gasteiger partial charge in [-0.15, -0.1) is 0 Å². The van der Waals surface area contributed by atoms with Crippen molar-refractivity contribution in [3.05, 3.63) is 42.1 Å². The SMILES string of the molecule is CC(O)(CNC1CC1)c1ccc2ncccc2c1. The summed E-state index contributed by atoms with van der Waals surface area (Å²) < 4.78 is 0. The third kappa shape index (κ3) is 2.37. The molecule has 94 valence electrons. The van der Waals surface area contributed by atoms with Crippen molar-refractivity contribution in [2.24, 2.45) is 0 Å². The molecule has 18 heavy (non-hydrogen) atoms. The Kier molecular flexibility index (Phi) is 2.80. The van der Waals surface area contributed by atoms with Crippen LogP contribution in [0.5, 0.6) is 0 Å². The van der Waals surface area contributed by atoms with Crippen LogP contribution >= 0.6 is 0 Å². The lowest BCUT2D eigenvalue weighted by atomic mass is 9.94. The maximum atomic E-state index is 10.5. The molecule has 0 radical (unpaired) electrons. The van der Waals surface area contributed by atoms with Gasteiger partial charge in [0.05, 0.1) is 11.1 Å². The van der Waals surface area contributed by atoms with Crippen LogP contribution in [0, 0.1) is 0 Å². The molecule has 0 saturated heterocycles. The number of aromatic nitrogens is 1. The molecule has 0 bridgehead atoms. The quantitative estimate of drug-likeness (QED) is 0.864. The highest BCUT2D eigenvalue weighted by Gasteiger charge is 2.28. The third-order valence-corrected chi connectivity index (χ3v) is 3.54. The zero-order chi connectivity index (χ0) is 12.6. The van der Waals surface area contributed by atoms with Crippen molar-refractivity contribution in [1.82, 2.24) is 10.3 Å². The highest BCUT2D eigenvalue weighted by Crippen LogP contribution is 2.25. The van der Waals surface area contributed by atoms with Crippen LogP contribution in [-0.2, 0) is 5.60 Å². The molecule has 1 atom stereocenters. The average molecular weight is 242 g/mol. The molecule has 1 unspecified atom stereocenters. The topological polar surface area (TPSA) is 45.1 Å². The fraction of sp³-hybridized carbons (Fsp3) is 0.400. The minimum absolute atomic E-state index is 0.601. The van der Waals surface area contributed by atoms with Crippen molar-refractivity contribution in [2.75, 3.05) is 6.54 Å². The van der Waals surface area contributed by atoms with Crippen LogP contribution in [0.4, 0.5) is 0 Å². The largest absolute Gasteiger partial charge is 0.384 e. The Morgan fingerprint density at radius 3 is 3.00 bits per heavy atom. The lowest BCUT2D eigenvalue weighted by Gasteiger charge is -2.24. The molecular weight excluding hydrogens is 224 g/mol. The number of nitrogens with zero attached hydrogens (tertiary/aromatic N) is 1. The van der Waals surface area contributed by atoms with Crippen LogP contribution in [-0.4, -0.2) is 22.7 Å². The number of fused-ring (bicyclic) bond motifs is 1. The van der Waals surface area contributed by atoms with E-state index in [1.165, 1.54) is 12.8 Å². The van der Waals surface area contributed by atoms with E-state index in [0.29, 0.717) is 12.6 Å². The zero-order valence-corrected chi connectivity index (χ0v) is 10.6. The van der Waals surface area contributed by atoms with Crippen LogP contribution in [0.25, 0.3) is 10.9 Å². The van der Waals surface area contributed by atoms with Crippen molar-refractivity contribution in [1.29, 1.82) is 0 Å². The van der Waals surface area contributed by atoms with Crippen LogP contribution in [0.2, 0.25) is 0 Å². The van der Waals surface area contributed by atoms with Crippen LogP contribution < -0.4 is 5.32 Å². The summed E-state index contributed by atoms with van der Waals surface area (Å²) in [6.45, 7) is 2.46. The second-order valence-corrected chi connectivity index (χ2v) is 5.34. The van der Waals surface area contributed by atoms with Gasteiger partial charge in [0.25, 0.3) is 0 Å². The van der Waals surface area contributed by atoms with E-state index in [9.17, 15) is 5.11 Å². The monoisotopic (exact) mass is 242 g/mol. The minimum atomic E-state index is -0.827. The van der Waals surface area contributed by atoms with E-state index < -0.39 is 5.60 Å². The Balaban J connectivity index is 1.86. The van der Waals surface area contributed by atoms with Crippen molar-refractivity contribution in [3.8, 4) is 0 Å². The van der Waals surface area contributed by atoms with E-state index in [1.807, 2.05) is 37.3 Å². The summed E-state index contributed by atoms with van der Waals surface area (Å²) in [6, 6.07) is 10.5. The van der Waals surface area contributed by atoms with E-state index in [4.69, 9.17) is 0 Å². The first-order chi connectivity index (χ1) is 8.65. The summed E-state index contributed by atoms with van der Waals surface area (Å²) in [6.07, 6.45) is 4.25. The van der Waals surface area contributed by atoms with Gasteiger partial charge in [-0.05, 0) is 43.5 Å². The van der Waals surface area contributed by atoms with Gasteiger partial charge >= 0.3 is 0 Å². The molecule has 1 fully saturated rings. The molecule has 0 aliphatic heterocycles. The molecular formula is C15H18N2O. The van der Waals surface area contributed by atoms with Crippen molar-refractivity contribution in [3.63, 3.8) is 0 Å². The predicted molar refractivity (Wildman–Crippen MR) is 72.3 cm³/mol. The highest BCUT2D eigenvalue weighted by molar-refractivity contribution is 5.79. The van der Waals surface area contributed by atoms with Gasteiger partial charge in [-0.3, -0.25) is 4.98 Å². The molecule has 1 aliphatic carbocycles. The van der Waals surface area contributed by atoms with E-state index in [0.717, 1.165) is 16.5 Å². The summed E-state index contributed by atoms with van der Waals surface area (Å²) in [5.41, 5.74) is 1.08. The van der Waals surface area contributed by atoms with Gasteiger partial charge in [0, 0.05) is 24.2 Å². The first-order valence-electron chi connectivity index (χ1n) is 6.46. The number of pyridine rings is 1. The number of aliphatic hydroxyl groups is 1. The minimum Gasteiger partial charge on any atom is -0.384 e. The molecule has 0 spiro atoms. The van der Waals surface area contributed by atoms with Crippen molar-refractivity contribution in [2.45, 2.75) is 31.4 Å². The summed E-state index contributed by atoms with van der Waals surface area (Å²) in [4.78, 5) is 4.29. The first-order valence-corrected chi connectivity index (χ1v) is 6.46. The van der Waals surface area contributed by atoms with E-state index in [-0.39, 0.29) is 0 Å². The molecule has 3 rings (SSSR count). The van der Waals surface area contributed by atoms with Crippen LogP contribution in [0.15, 0.2) is 36.5 Å². The van der Waals surface area contributed by atoms with Gasteiger partial charge in [0.15, 0.2) is 0 Å². The van der Waals surface area contributed by atoms with E-state index >= 15 is 0 Å². The van der Waals surface area contributed by atoms with Gasteiger partial charge in [0.1, 0.15) is 0 Å². The Morgan fingerprint density at radius 2 is 2.22 bits per heavy atom. The number of hydrogen-bond donors (Lipinski definition) is 2. The molecule has 1 aromatic carbocycles. The normalized spacial score (nSPS) is 18.8. The molecule has 3 heteroatoms. The van der Waals surface area contributed by atoms with Crippen LogP contribution in [0.3, 0.4) is 0 Å². The number of hydrogen-bond acceptors (Lipinski definition) is 3. The Labute approximate surface area is 107 Å². The second kappa shape index (κ2) is 4.34.